The van der Waals surface area contributed by atoms with Crippen LogP contribution < -0.4 is 4.90 Å². The summed E-state index contributed by atoms with van der Waals surface area (Å²) >= 11 is 5.84. The first-order valence-corrected chi connectivity index (χ1v) is 9.25. The summed E-state index contributed by atoms with van der Waals surface area (Å²) in [6, 6.07) is 8.16. The summed E-state index contributed by atoms with van der Waals surface area (Å²) in [5, 5.41) is 0.0927. The van der Waals surface area contributed by atoms with E-state index >= 15 is 0 Å². The molecule has 1 aromatic heterocycles. The Balaban J connectivity index is 1.48. The number of Topliss-reactive ketones (excluding diaryl/α,β-unsaturated/α-hetero) is 1. The molecular formula is C20H21ClFN3O2. The predicted octanol–water partition coefficient (Wildman–Crippen LogP) is 3.49. The highest BCUT2D eigenvalue weighted by Gasteiger charge is 2.22. The summed E-state index contributed by atoms with van der Waals surface area (Å²) in [4.78, 5) is 32.5. The Hall–Kier alpha value is -2.47. The van der Waals surface area contributed by atoms with Crippen molar-refractivity contribution in [2.24, 2.45) is 0 Å². The van der Waals surface area contributed by atoms with E-state index in [0.29, 0.717) is 31.7 Å². The van der Waals surface area contributed by atoms with Gasteiger partial charge in [0.05, 0.1) is 5.02 Å². The first kappa shape index (κ1) is 19.3. The van der Waals surface area contributed by atoms with Crippen LogP contribution in [0.2, 0.25) is 5.02 Å². The summed E-state index contributed by atoms with van der Waals surface area (Å²) in [6.45, 7) is 4.27. The van der Waals surface area contributed by atoms with Gasteiger partial charge in [0.15, 0.2) is 5.78 Å². The van der Waals surface area contributed by atoms with Crippen molar-refractivity contribution in [3.8, 4) is 0 Å². The van der Waals surface area contributed by atoms with Gasteiger partial charge in [-0.15, -0.1) is 0 Å². The second-order valence-corrected chi connectivity index (χ2v) is 6.98. The number of benzene rings is 1. The molecule has 0 atom stereocenters. The van der Waals surface area contributed by atoms with Crippen LogP contribution in [0.15, 0.2) is 36.5 Å². The molecule has 1 saturated heterocycles. The Morgan fingerprint density at radius 2 is 1.85 bits per heavy atom. The lowest BCUT2D eigenvalue weighted by molar-refractivity contribution is -0.131. The predicted molar refractivity (Wildman–Crippen MR) is 103 cm³/mol. The van der Waals surface area contributed by atoms with Crippen LogP contribution in [0.25, 0.3) is 0 Å². The Labute approximate surface area is 162 Å². The van der Waals surface area contributed by atoms with Crippen LogP contribution in [0, 0.1) is 12.7 Å². The highest BCUT2D eigenvalue weighted by molar-refractivity contribution is 6.31. The van der Waals surface area contributed by atoms with Gasteiger partial charge in [-0.3, -0.25) is 14.6 Å². The van der Waals surface area contributed by atoms with Gasteiger partial charge in [-0.1, -0.05) is 11.6 Å². The van der Waals surface area contributed by atoms with E-state index in [4.69, 9.17) is 11.6 Å². The second kappa shape index (κ2) is 8.48. The molecule has 1 aliphatic rings. The molecule has 0 saturated carbocycles. The zero-order valence-corrected chi connectivity index (χ0v) is 15.9. The van der Waals surface area contributed by atoms with Crippen molar-refractivity contribution >= 4 is 29.0 Å². The lowest BCUT2D eigenvalue weighted by atomic mass is 10.1. The van der Waals surface area contributed by atoms with E-state index in [2.05, 4.69) is 9.88 Å². The number of nitrogens with zero attached hydrogens (tertiary/aromatic N) is 3. The molecule has 0 radical (unpaired) electrons. The van der Waals surface area contributed by atoms with Gasteiger partial charge in [0.2, 0.25) is 5.91 Å². The number of anilines is 1. The molecule has 0 spiro atoms. The normalized spacial score (nSPS) is 14.3. The molecule has 7 heteroatoms. The van der Waals surface area contributed by atoms with Crippen molar-refractivity contribution in [1.82, 2.24) is 9.88 Å². The number of amides is 1. The van der Waals surface area contributed by atoms with Crippen LogP contribution in [-0.4, -0.2) is 47.8 Å². The summed E-state index contributed by atoms with van der Waals surface area (Å²) in [6.07, 6.45) is 1.92. The van der Waals surface area contributed by atoms with Crippen molar-refractivity contribution in [3.63, 3.8) is 0 Å². The van der Waals surface area contributed by atoms with Crippen LogP contribution in [0.4, 0.5) is 10.1 Å². The fourth-order valence-electron chi connectivity index (χ4n) is 3.05. The molecule has 1 aromatic carbocycles. The van der Waals surface area contributed by atoms with Crippen LogP contribution in [0.3, 0.4) is 0 Å². The minimum atomic E-state index is -0.442. The number of hydrogen-bond acceptors (Lipinski definition) is 4. The molecule has 1 fully saturated rings. The molecule has 2 heterocycles. The van der Waals surface area contributed by atoms with E-state index in [-0.39, 0.29) is 29.6 Å². The molecule has 1 aliphatic heterocycles. The molecule has 0 N–H and O–H groups in total. The van der Waals surface area contributed by atoms with Gasteiger partial charge in [0, 0.05) is 62.2 Å². The van der Waals surface area contributed by atoms with Crippen LogP contribution >= 0.6 is 11.6 Å². The van der Waals surface area contributed by atoms with Crippen molar-refractivity contribution in [1.29, 1.82) is 0 Å². The SMILES string of the molecule is Cc1ccc(C(=O)CCC(=O)N2CCN(c3ccc(F)c(Cl)c3)CC2)cn1. The minimum Gasteiger partial charge on any atom is -0.368 e. The van der Waals surface area contributed by atoms with Gasteiger partial charge in [-0.25, -0.2) is 4.39 Å². The smallest absolute Gasteiger partial charge is 0.223 e. The van der Waals surface area contributed by atoms with Crippen molar-refractivity contribution in [2.45, 2.75) is 19.8 Å². The molecule has 142 valence electrons. The van der Waals surface area contributed by atoms with Crippen molar-refractivity contribution in [2.75, 3.05) is 31.1 Å². The molecule has 3 rings (SSSR count). The maximum atomic E-state index is 13.3. The molecule has 0 bridgehead atoms. The Kier molecular flexibility index (Phi) is 6.06. The van der Waals surface area contributed by atoms with E-state index in [1.165, 1.54) is 6.07 Å². The standard InChI is InChI=1S/C20H21ClFN3O2/c1-14-2-3-15(13-23-14)19(26)6-7-20(27)25-10-8-24(9-11-25)16-4-5-18(22)17(21)12-16/h2-5,12-13H,6-11H2,1H3. The second-order valence-electron chi connectivity index (χ2n) is 6.58. The van der Waals surface area contributed by atoms with Crippen LogP contribution in [-0.2, 0) is 4.79 Å². The summed E-state index contributed by atoms with van der Waals surface area (Å²) in [7, 11) is 0. The molecule has 5 nitrogen and oxygen atoms in total. The monoisotopic (exact) mass is 389 g/mol. The van der Waals surface area contributed by atoms with Crippen molar-refractivity contribution in [3.05, 3.63) is 58.6 Å². The molecule has 2 aromatic rings. The largest absolute Gasteiger partial charge is 0.368 e. The lowest BCUT2D eigenvalue weighted by Crippen LogP contribution is -2.48. The maximum absolute atomic E-state index is 13.3. The van der Waals surface area contributed by atoms with E-state index in [9.17, 15) is 14.0 Å². The average Bonchev–Trinajstić information content (AvgIpc) is 2.68. The zero-order valence-electron chi connectivity index (χ0n) is 15.1. The zero-order chi connectivity index (χ0) is 19.4. The third-order valence-electron chi connectivity index (χ3n) is 4.70. The number of ketones is 1. The first-order chi connectivity index (χ1) is 12.9. The maximum Gasteiger partial charge on any atom is 0.223 e. The van der Waals surface area contributed by atoms with Gasteiger partial charge in [-0.05, 0) is 37.3 Å². The summed E-state index contributed by atoms with van der Waals surface area (Å²) < 4.78 is 13.3. The Bertz CT molecular complexity index is 834. The number of pyridine rings is 1. The van der Waals surface area contributed by atoms with Gasteiger partial charge >= 0.3 is 0 Å². The van der Waals surface area contributed by atoms with Crippen molar-refractivity contribution < 1.29 is 14.0 Å². The van der Waals surface area contributed by atoms with E-state index in [1.54, 1.807) is 35.4 Å². The fraction of sp³-hybridized carbons (Fsp3) is 0.350. The lowest BCUT2D eigenvalue weighted by Gasteiger charge is -2.36. The number of aryl methyl sites for hydroxylation is 1. The molecule has 27 heavy (non-hydrogen) atoms. The fourth-order valence-corrected chi connectivity index (χ4v) is 3.23. The average molecular weight is 390 g/mol. The third kappa shape index (κ3) is 4.83. The van der Waals surface area contributed by atoms with E-state index in [0.717, 1.165) is 11.4 Å². The molecule has 1 amide bonds. The van der Waals surface area contributed by atoms with Gasteiger partial charge in [0.25, 0.3) is 0 Å². The number of halogens is 2. The minimum absolute atomic E-state index is 0.0276. The molecular weight excluding hydrogens is 369 g/mol. The molecule has 0 aliphatic carbocycles. The van der Waals surface area contributed by atoms with Gasteiger partial charge < -0.3 is 9.80 Å². The highest BCUT2D eigenvalue weighted by atomic mass is 35.5. The number of hydrogen-bond donors (Lipinski definition) is 0. The topological polar surface area (TPSA) is 53.5 Å². The molecule has 0 unspecified atom stereocenters. The quantitative estimate of drug-likeness (QED) is 0.734. The van der Waals surface area contributed by atoms with Gasteiger partial charge in [-0.2, -0.15) is 0 Å². The van der Waals surface area contributed by atoms with Gasteiger partial charge in [0.1, 0.15) is 5.82 Å². The summed E-state index contributed by atoms with van der Waals surface area (Å²) in [5.41, 5.74) is 2.23. The highest BCUT2D eigenvalue weighted by Crippen LogP contribution is 2.23. The number of rotatable bonds is 5. The summed E-state index contributed by atoms with van der Waals surface area (Å²) in [5.74, 6) is -0.543. The number of carbonyl (C=O) groups is 2. The van der Waals surface area contributed by atoms with E-state index in [1.807, 2.05) is 6.92 Å². The number of carbonyl (C=O) groups excluding carboxylic acids is 2. The Morgan fingerprint density at radius 1 is 1.11 bits per heavy atom. The number of aromatic nitrogens is 1. The number of piperazine rings is 1. The van der Waals surface area contributed by atoms with E-state index < -0.39 is 5.82 Å². The first-order valence-electron chi connectivity index (χ1n) is 8.87. The van der Waals surface area contributed by atoms with Crippen LogP contribution in [0.5, 0.6) is 0 Å². The Morgan fingerprint density at radius 3 is 2.48 bits per heavy atom. The third-order valence-corrected chi connectivity index (χ3v) is 4.99. The van der Waals surface area contributed by atoms with Crippen LogP contribution in [0.1, 0.15) is 28.9 Å².